The SMILES string of the molecule is O=C(CCN=C1NS(=O)(=O)c2ccccc21)NC1CCCNC1=O. The van der Waals surface area contributed by atoms with Crippen molar-refractivity contribution in [3.63, 3.8) is 0 Å². The zero-order valence-corrected chi connectivity index (χ0v) is 13.7. The zero-order valence-electron chi connectivity index (χ0n) is 12.9. The Balaban J connectivity index is 1.59. The number of nitrogens with one attached hydrogen (secondary N) is 3. The number of benzene rings is 1. The van der Waals surface area contributed by atoms with Crippen LogP contribution in [0, 0.1) is 0 Å². The Hall–Kier alpha value is -2.42. The Morgan fingerprint density at radius 3 is 2.92 bits per heavy atom. The molecule has 24 heavy (non-hydrogen) atoms. The van der Waals surface area contributed by atoms with Crippen molar-refractivity contribution < 1.29 is 18.0 Å². The van der Waals surface area contributed by atoms with Gasteiger partial charge < -0.3 is 10.6 Å². The van der Waals surface area contributed by atoms with E-state index in [-0.39, 0.29) is 35.5 Å². The summed E-state index contributed by atoms with van der Waals surface area (Å²) in [6, 6.07) is 6.05. The molecule has 1 saturated heterocycles. The molecule has 3 N–H and O–H groups in total. The van der Waals surface area contributed by atoms with Gasteiger partial charge in [-0.25, -0.2) is 8.42 Å². The molecular formula is C15H18N4O4S. The average molecular weight is 350 g/mol. The molecule has 1 fully saturated rings. The van der Waals surface area contributed by atoms with Gasteiger partial charge in [0.15, 0.2) is 0 Å². The molecule has 1 aromatic rings. The number of hydrogen-bond donors (Lipinski definition) is 3. The highest BCUT2D eigenvalue weighted by atomic mass is 32.2. The molecular weight excluding hydrogens is 332 g/mol. The third-order valence-corrected chi connectivity index (χ3v) is 5.29. The van der Waals surface area contributed by atoms with E-state index in [9.17, 15) is 18.0 Å². The van der Waals surface area contributed by atoms with Gasteiger partial charge in [-0.15, -0.1) is 0 Å². The molecule has 2 aliphatic rings. The quantitative estimate of drug-likeness (QED) is 0.679. The zero-order chi connectivity index (χ0) is 17.2. The summed E-state index contributed by atoms with van der Waals surface area (Å²) in [5.41, 5.74) is 0.504. The highest BCUT2D eigenvalue weighted by molar-refractivity contribution is 7.90. The summed E-state index contributed by atoms with van der Waals surface area (Å²) in [5, 5.41) is 5.37. The van der Waals surface area contributed by atoms with E-state index < -0.39 is 16.1 Å². The number of hydrogen-bond acceptors (Lipinski definition) is 5. The number of carbonyl (C=O) groups is 2. The van der Waals surface area contributed by atoms with Crippen LogP contribution in [0.5, 0.6) is 0 Å². The lowest BCUT2D eigenvalue weighted by atomic mass is 10.1. The Bertz CT molecular complexity index is 803. The van der Waals surface area contributed by atoms with Crippen LogP contribution in [0.4, 0.5) is 0 Å². The van der Waals surface area contributed by atoms with Crippen molar-refractivity contribution in [2.24, 2.45) is 4.99 Å². The largest absolute Gasteiger partial charge is 0.354 e. The highest BCUT2D eigenvalue weighted by Gasteiger charge is 2.30. The topological polar surface area (TPSA) is 117 Å². The third-order valence-electron chi connectivity index (χ3n) is 3.89. The van der Waals surface area contributed by atoms with E-state index in [1.54, 1.807) is 18.2 Å². The van der Waals surface area contributed by atoms with E-state index in [2.05, 4.69) is 20.3 Å². The standard InChI is InChI=1S/C15H18N4O4S/c20-13(18-11-5-3-8-17-15(11)21)7-9-16-14-10-4-1-2-6-12(10)24(22,23)19-14/h1-2,4,6,11H,3,5,7-9H2,(H,16,19)(H,17,21)(H,18,20). The third kappa shape index (κ3) is 3.40. The Morgan fingerprint density at radius 1 is 1.33 bits per heavy atom. The van der Waals surface area contributed by atoms with E-state index in [4.69, 9.17) is 0 Å². The second-order valence-electron chi connectivity index (χ2n) is 5.64. The number of aliphatic imine (C=N–C) groups is 1. The molecule has 1 atom stereocenters. The lowest BCUT2D eigenvalue weighted by Gasteiger charge is -2.22. The molecule has 1 aromatic carbocycles. The number of amides is 2. The van der Waals surface area contributed by atoms with Crippen molar-refractivity contribution in [1.29, 1.82) is 0 Å². The van der Waals surface area contributed by atoms with Gasteiger partial charge >= 0.3 is 0 Å². The molecule has 8 nitrogen and oxygen atoms in total. The molecule has 0 radical (unpaired) electrons. The molecule has 0 spiro atoms. The van der Waals surface area contributed by atoms with Crippen LogP contribution in [0.2, 0.25) is 0 Å². The van der Waals surface area contributed by atoms with Crippen molar-refractivity contribution >= 4 is 27.7 Å². The first-order chi connectivity index (χ1) is 11.5. The van der Waals surface area contributed by atoms with E-state index in [1.807, 2.05) is 0 Å². The first-order valence-corrected chi connectivity index (χ1v) is 9.19. The smallest absolute Gasteiger partial charge is 0.263 e. The van der Waals surface area contributed by atoms with Crippen LogP contribution in [-0.4, -0.2) is 45.2 Å². The van der Waals surface area contributed by atoms with Crippen LogP contribution in [-0.2, 0) is 19.6 Å². The van der Waals surface area contributed by atoms with Gasteiger partial charge in [-0.1, -0.05) is 12.1 Å². The fourth-order valence-electron chi connectivity index (χ4n) is 2.70. The van der Waals surface area contributed by atoms with Crippen LogP contribution in [0.1, 0.15) is 24.8 Å². The molecule has 3 rings (SSSR count). The van der Waals surface area contributed by atoms with Crippen molar-refractivity contribution in [2.75, 3.05) is 13.1 Å². The number of nitrogens with zero attached hydrogens (tertiary/aromatic N) is 1. The van der Waals surface area contributed by atoms with E-state index in [0.717, 1.165) is 6.42 Å². The number of fused-ring (bicyclic) bond motifs is 1. The van der Waals surface area contributed by atoms with Gasteiger partial charge in [0.1, 0.15) is 11.9 Å². The monoisotopic (exact) mass is 350 g/mol. The van der Waals surface area contributed by atoms with Crippen LogP contribution in [0.3, 0.4) is 0 Å². The van der Waals surface area contributed by atoms with Gasteiger partial charge in [0.25, 0.3) is 10.0 Å². The summed E-state index contributed by atoms with van der Waals surface area (Å²) in [6.45, 7) is 0.769. The fraction of sp³-hybridized carbons (Fsp3) is 0.400. The van der Waals surface area contributed by atoms with Crippen molar-refractivity contribution in [3.8, 4) is 0 Å². The lowest BCUT2D eigenvalue weighted by molar-refractivity contribution is -0.130. The molecule has 9 heteroatoms. The second-order valence-corrected chi connectivity index (χ2v) is 7.29. The Kier molecular flexibility index (Phi) is 4.52. The number of piperidine rings is 1. The molecule has 2 aliphatic heterocycles. The predicted molar refractivity (Wildman–Crippen MR) is 87.0 cm³/mol. The summed E-state index contributed by atoms with van der Waals surface area (Å²) < 4.78 is 26.3. The van der Waals surface area contributed by atoms with Crippen LogP contribution in [0.15, 0.2) is 34.2 Å². The Labute approximate surface area is 139 Å². The first-order valence-electron chi connectivity index (χ1n) is 7.71. The van der Waals surface area contributed by atoms with Crippen LogP contribution >= 0.6 is 0 Å². The minimum absolute atomic E-state index is 0.0805. The van der Waals surface area contributed by atoms with Crippen molar-refractivity contribution in [3.05, 3.63) is 29.8 Å². The van der Waals surface area contributed by atoms with Gasteiger partial charge in [0, 0.05) is 18.5 Å². The molecule has 0 bridgehead atoms. The average Bonchev–Trinajstić information content (AvgIpc) is 2.81. The van der Waals surface area contributed by atoms with Crippen LogP contribution < -0.4 is 15.4 Å². The van der Waals surface area contributed by atoms with Gasteiger partial charge in [-0.05, 0) is 25.0 Å². The minimum atomic E-state index is -3.57. The van der Waals surface area contributed by atoms with Gasteiger partial charge in [-0.2, -0.15) is 0 Å². The molecule has 128 valence electrons. The predicted octanol–water partition coefficient (Wildman–Crippen LogP) is -0.490. The summed E-state index contributed by atoms with van der Waals surface area (Å²) in [6.07, 6.45) is 1.54. The number of rotatable bonds is 4. The van der Waals surface area contributed by atoms with E-state index in [0.29, 0.717) is 18.5 Å². The maximum Gasteiger partial charge on any atom is 0.263 e. The summed E-state index contributed by atoms with van der Waals surface area (Å²) in [5.74, 6) is -0.206. The maximum absolute atomic E-state index is 11.9. The first kappa shape index (κ1) is 16.4. The summed E-state index contributed by atoms with van der Waals surface area (Å²) in [7, 11) is -3.57. The van der Waals surface area contributed by atoms with Gasteiger partial charge in [0.05, 0.1) is 11.4 Å². The van der Waals surface area contributed by atoms with E-state index in [1.165, 1.54) is 6.07 Å². The van der Waals surface area contributed by atoms with Crippen molar-refractivity contribution in [2.45, 2.75) is 30.2 Å². The Morgan fingerprint density at radius 2 is 2.12 bits per heavy atom. The molecule has 2 amide bonds. The minimum Gasteiger partial charge on any atom is -0.354 e. The van der Waals surface area contributed by atoms with Gasteiger partial charge in [-0.3, -0.25) is 19.3 Å². The molecule has 0 aromatic heterocycles. The highest BCUT2D eigenvalue weighted by Crippen LogP contribution is 2.22. The number of sulfonamides is 1. The molecule has 0 saturated carbocycles. The second kappa shape index (κ2) is 6.60. The molecule has 0 aliphatic carbocycles. The van der Waals surface area contributed by atoms with E-state index >= 15 is 0 Å². The molecule has 1 unspecified atom stereocenters. The maximum atomic E-state index is 11.9. The number of amidine groups is 1. The van der Waals surface area contributed by atoms with Gasteiger partial charge in [0.2, 0.25) is 11.8 Å². The van der Waals surface area contributed by atoms with Crippen molar-refractivity contribution in [1.82, 2.24) is 15.4 Å². The summed E-state index contributed by atoms with van der Waals surface area (Å²) >= 11 is 0. The summed E-state index contributed by atoms with van der Waals surface area (Å²) in [4.78, 5) is 27.9. The lowest BCUT2D eigenvalue weighted by Crippen LogP contribution is -2.50. The fourth-order valence-corrected chi connectivity index (χ4v) is 3.95. The normalized spacial score (nSPS) is 23.2. The number of carbonyl (C=O) groups excluding carboxylic acids is 2. The molecule has 2 heterocycles. The van der Waals surface area contributed by atoms with Crippen LogP contribution in [0.25, 0.3) is 0 Å².